The molecule has 0 radical (unpaired) electrons. The van der Waals surface area contributed by atoms with E-state index in [0.717, 1.165) is 31.4 Å². The van der Waals surface area contributed by atoms with Crippen molar-refractivity contribution >= 4 is 12.4 Å². The molecule has 86 valence electrons. The molecule has 0 aliphatic heterocycles. The monoisotopic (exact) mass is 264 g/mol. The van der Waals surface area contributed by atoms with Gasteiger partial charge >= 0.3 is 58.4 Å². The minimum Gasteiger partial charge on any atom is -0.445 e. The molecule has 0 spiro atoms. The zero-order valence-corrected chi connectivity index (χ0v) is 13.3. The van der Waals surface area contributed by atoms with Gasteiger partial charge in [0, 0.05) is 12.0 Å². The molecule has 0 amide bonds. The Kier molecular flexibility index (Phi) is 8.52. The molecule has 1 aromatic carbocycles. The van der Waals surface area contributed by atoms with Crippen molar-refractivity contribution in [1.82, 2.24) is 0 Å². The first kappa shape index (κ1) is 17.3. The molecule has 0 unspecified atom stereocenters. The Morgan fingerprint density at radius 1 is 1.12 bits per heavy atom. The molecule has 0 atom stereocenters. The minimum absolute atomic E-state index is 0. The summed E-state index contributed by atoms with van der Waals surface area (Å²) >= 11 is 0. The van der Waals surface area contributed by atoms with E-state index in [2.05, 4.69) is 18.8 Å². The summed E-state index contributed by atoms with van der Waals surface area (Å²) < 4.78 is 36.9. The van der Waals surface area contributed by atoms with Gasteiger partial charge < -0.3 is 12.9 Å². The number of unbranched alkanes of at least 4 members (excludes halogenated alkanes) is 2. The van der Waals surface area contributed by atoms with Gasteiger partial charge in [-0.3, -0.25) is 0 Å². The minimum atomic E-state index is -4.89. The molecule has 0 aliphatic carbocycles. The van der Waals surface area contributed by atoms with Crippen molar-refractivity contribution in [2.24, 2.45) is 0 Å². The van der Waals surface area contributed by atoms with Crippen LogP contribution in [0.15, 0.2) is 24.3 Å². The molecule has 1 aromatic rings. The molecule has 1 rings (SSSR count). The van der Waals surface area contributed by atoms with Crippen LogP contribution in [0.1, 0.15) is 31.7 Å². The van der Waals surface area contributed by atoms with Gasteiger partial charge in [-0.05, 0) is 18.6 Å². The maximum absolute atomic E-state index is 12.3. The molecule has 0 aliphatic rings. The summed E-state index contributed by atoms with van der Waals surface area (Å²) in [5.74, 6) is 5.78. The average Bonchev–Trinajstić information content (AvgIpc) is 2.24. The Morgan fingerprint density at radius 2 is 1.71 bits per heavy atom. The van der Waals surface area contributed by atoms with Crippen LogP contribution in [-0.2, 0) is 0 Å². The average molecular weight is 264 g/mol. The Hall–Kier alpha value is 0.271. The van der Waals surface area contributed by atoms with E-state index >= 15 is 0 Å². The van der Waals surface area contributed by atoms with Crippen LogP contribution < -0.4 is 56.8 Å². The summed E-state index contributed by atoms with van der Waals surface area (Å²) in [5, 5.41) is 0. The summed E-state index contributed by atoms with van der Waals surface area (Å²) in [4.78, 5) is 0. The molecular weight excluding hydrogens is 251 g/mol. The molecular formula is C12H13BF3K. The summed E-state index contributed by atoms with van der Waals surface area (Å²) in [6.07, 6.45) is 2.89. The van der Waals surface area contributed by atoms with E-state index in [0.29, 0.717) is 5.56 Å². The van der Waals surface area contributed by atoms with Crippen molar-refractivity contribution in [3.8, 4) is 11.8 Å². The molecule has 0 saturated carbocycles. The molecule has 0 saturated heterocycles. The van der Waals surface area contributed by atoms with Crippen LogP contribution in [0.2, 0.25) is 0 Å². The van der Waals surface area contributed by atoms with E-state index in [1.54, 1.807) is 0 Å². The number of rotatable bonds is 3. The van der Waals surface area contributed by atoms with Crippen LogP contribution >= 0.6 is 0 Å². The van der Waals surface area contributed by atoms with Gasteiger partial charge in [-0.1, -0.05) is 37.3 Å². The molecule has 0 aromatic heterocycles. The topological polar surface area (TPSA) is 0 Å². The number of halogens is 3. The second-order valence-electron chi connectivity index (χ2n) is 3.60. The van der Waals surface area contributed by atoms with Gasteiger partial charge in [0.25, 0.3) is 0 Å². The standard InChI is InChI=1S/C12H13BF3.K/c1-2-3-4-5-6-11-7-9-12(10-8-11)13(14,15)16;/h7-10H,2-4H2,1H3;/q-1;+1. The van der Waals surface area contributed by atoms with Crippen molar-refractivity contribution in [1.29, 1.82) is 0 Å². The molecule has 0 bridgehead atoms. The van der Waals surface area contributed by atoms with Crippen molar-refractivity contribution in [3.63, 3.8) is 0 Å². The fraction of sp³-hybridized carbons (Fsp3) is 0.333. The van der Waals surface area contributed by atoms with Crippen molar-refractivity contribution in [2.75, 3.05) is 0 Å². The molecule has 5 heteroatoms. The zero-order chi connectivity index (χ0) is 12.0. The van der Waals surface area contributed by atoms with Crippen LogP contribution in [-0.4, -0.2) is 6.98 Å². The Labute approximate surface area is 143 Å². The summed E-state index contributed by atoms with van der Waals surface area (Å²) in [5.41, 5.74) is 0.0685. The maximum atomic E-state index is 12.3. The van der Waals surface area contributed by atoms with Gasteiger partial charge in [0.15, 0.2) is 0 Å². The van der Waals surface area contributed by atoms with Crippen LogP contribution in [0.25, 0.3) is 0 Å². The number of hydrogen-bond donors (Lipinski definition) is 0. The van der Waals surface area contributed by atoms with Crippen LogP contribution in [0.3, 0.4) is 0 Å². The third-order valence-electron chi connectivity index (χ3n) is 2.18. The molecule has 0 nitrogen and oxygen atoms in total. The second kappa shape index (κ2) is 8.39. The second-order valence-corrected chi connectivity index (χ2v) is 3.60. The Bertz CT molecular complexity index is 387. The van der Waals surface area contributed by atoms with Gasteiger partial charge in [0.05, 0.1) is 0 Å². The smallest absolute Gasteiger partial charge is 0.445 e. The van der Waals surface area contributed by atoms with Gasteiger partial charge in [-0.15, -0.1) is 5.46 Å². The summed E-state index contributed by atoms with van der Waals surface area (Å²) in [7, 11) is 0. The van der Waals surface area contributed by atoms with E-state index < -0.39 is 12.4 Å². The summed E-state index contributed by atoms with van der Waals surface area (Å²) in [6.45, 7) is -2.82. The Morgan fingerprint density at radius 3 is 2.18 bits per heavy atom. The van der Waals surface area contributed by atoms with Gasteiger partial charge in [-0.2, -0.15) is 0 Å². The predicted octanol–water partition coefficient (Wildman–Crippen LogP) is 0.287. The van der Waals surface area contributed by atoms with Crippen molar-refractivity contribution in [2.45, 2.75) is 26.2 Å². The first-order valence-corrected chi connectivity index (χ1v) is 5.33. The third kappa shape index (κ3) is 6.68. The summed E-state index contributed by atoms with van der Waals surface area (Å²) in [6, 6.07) is 5.01. The van der Waals surface area contributed by atoms with Crippen molar-refractivity contribution in [3.05, 3.63) is 29.8 Å². The third-order valence-corrected chi connectivity index (χ3v) is 2.18. The van der Waals surface area contributed by atoms with Crippen molar-refractivity contribution < 1.29 is 64.3 Å². The zero-order valence-electron chi connectivity index (χ0n) is 10.1. The SMILES string of the molecule is CCCCC#Cc1ccc([B-](F)(F)F)cc1.[K+]. The van der Waals surface area contributed by atoms with Gasteiger partial charge in [-0.25, -0.2) is 0 Å². The van der Waals surface area contributed by atoms with Gasteiger partial charge in [0.2, 0.25) is 0 Å². The van der Waals surface area contributed by atoms with E-state index in [9.17, 15) is 12.9 Å². The van der Waals surface area contributed by atoms with Gasteiger partial charge in [0.1, 0.15) is 0 Å². The van der Waals surface area contributed by atoms with Crippen LogP contribution in [0, 0.1) is 11.8 Å². The van der Waals surface area contributed by atoms with E-state index in [4.69, 9.17) is 0 Å². The molecule has 17 heavy (non-hydrogen) atoms. The molecule has 0 N–H and O–H groups in total. The number of benzene rings is 1. The maximum Gasteiger partial charge on any atom is 1.00 e. The Balaban J connectivity index is 0.00000256. The largest absolute Gasteiger partial charge is 1.00 e. The first-order chi connectivity index (χ1) is 7.54. The van der Waals surface area contributed by atoms with E-state index in [1.165, 1.54) is 12.1 Å². The fourth-order valence-electron chi connectivity index (χ4n) is 1.21. The van der Waals surface area contributed by atoms with Crippen LogP contribution in [0.4, 0.5) is 12.9 Å². The normalized spacial score (nSPS) is 10.1. The van der Waals surface area contributed by atoms with E-state index in [1.807, 2.05) is 0 Å². The van der Waals surface area contributed by atoms with E-state index in [-0.39, 0.29) is 51.4 Å². The molecule has 0 heterocycles. The quantitative estimate of drug-likeness (QED) is 0.418. The first-order valence-electron chi connectivity index (χ1n) is 5.33. The fourth-order valence-corrected chi connectivity index (χ4v) is 1.21. The molecule has 0 fully saturated rings. The van der Waals surface area contributed by atoms with Crippen LogP contribution in [0.5, 0.6) is 0 Å². The predicted molar refractivity (Wildman–Crippen MR) is 61.6 cm³/mol. The number of hydrogen-bond acceptors (Lipinski definition) is 0.